The topological polar surface area (TPSA) is 37.4 Å². The summed E-state index contributed by atoms with van der Waals surface area (Å²) in [5.74, 6) is -1.13. The summed E-state index contributed by atoms with van der Waals surface area (Å²) in [5, 5.41) is -0.0123. The van der Waals surface area contributed by atoms with E-state index in [-0.39, 0.29) is 51.6 Å². The normalized spacial score (nSPS) is 36.5. The first kappa shape index (κ1) is 12.8. The molecule has 3 fully saturated rings. The fourth-order valence-corrected chi connectivity index (χ4v) is 5.07. The van der Waals surface area contributed by atoms with Crippen LogP contribution in [0.4, 0.5) is 10.1 Å². The molecule has 1 spiro atoms. The highest BCUT2D eigenvalue weighted by atomic mass is 35.5. The standard InChI is InChI=1S/C17H13ClFNO2/c18-11-4-1-8(7-12(11)19)20-15(21)13-9-2-3-10(14(13)16(20)22)17(9)5-6-17/h1-4,7,9-10,13-14H,5-6H2/t9-,10+,13-,14-/m0/s1. The van der Waals surface area contributed by atoms with Gasteiger partial charge in [-0.25, -0.2) is 9.29 Å². The maximum atomic E-state index is 13.7. The molecule has 1 aromatic rings. The van der Waals surface area contributed by atoms with Gasteiger partial charge in [-0.1, -0.05) is 23.8 Å². The summed E-state index contributed by atoms with van der Waals surface area (Å²) in [6.45, 7) is 0. The van der Waals surface area contributed by atoms with Crippen molar-refractivity contribution >= 4 is 29.1 Å². The molecule has 1 aliphatic heterocycles. The highest BCUT2D eigenvalue weighted by molar-refractivity contribution is 6.31. The van der Waals surface area contributed by atoms with Gasteiger partial charge in [0.2, 0.25) is 11.8 Å². The van der Waals surface area contributed by atoms with Gasteiger partial charge < -0.3 is 0 Å². The van der Waals surface area contributed by atoms with E-state index in [1.165, 1.54) is 18.2 Å². The van der Waals surface area contributed by atoms with Gasteiger partial charge >= 0.3 is 0 Å². The Bertz CT molecular complexity index is 736. The summed E-state index contributed by atoms with van der Waals surface area (Å²) in [6.07, 6.45) is 6.46. The van der Waals surface area contributed by atoms with Crippen molar-refractivity contribution in [2.24, 2.45) is 29.1 Å². The number of benzene rings is 1. The summed E-state index contributed by atoms with van der Waals surface area (Å²) in [5.41, 5.74) is 0.466. The van der Waals surface area contributed by atoms with Crippen LogP contribution in [0.1, 0.15) is 12.8 Å². The molecule has 4 atom stereocenters. The molecular formula is C17H13ClFNO2. The zero-order valence-electron chi connectivity index (χ0n) is 11.6. The Labute approximate surface area is 131 Å². The molecule has 2 amide bonds. The van der Waals surface area contributed by atoms with Crippen LogP contribution in [-0.2, 0) is 9.59 Å². The van der Waals surface area contributed by atoms with Gasteiger partial charge in [0.1, 0.15) is 5.82 Å². The van der Waals surface area contributed by atoms with Gasteiger partial charge in [0.05, 0.1) is 22.5 Å². The van der Waals surface area contributed by atoms with Gasteiger partial charge in [-0.2, -0.15) is 0 Å². The lowest BCUT2D eigenvalue weighted by molar-refractivity contribution is -0.123. The summed E-state index contributed by atoms with van der Waals surface area (Å²) in [4.78, 5) is 26.8. The fourth-order valence-electron chi connectivity index (χ4n) is 4.96. The number of imide groups is 1. The first-order chi connectivity index (χ1) is 10.5. The second-order valence-electron chi connectivity index (χ2n) is 6.83. The summed E-state index contributed by atoms with van der Waals surface area (Å²) < 4.78 is 13.7. The van der Waals surface area contributed by atoms with Crippen LogP contribution in [0.3, 0.4) is 0 Å². The van der Waals surface area contributed by atoms with E-state index in [9.17, 15) is 14.0 Å². The highest BCUT2D eigenvalue weighted by Crippen LogP contribution is 2.73. The third kappa shape index (κ3) is 1.29. The van der Waals surface area contributed by atoms with E-state index in [0.29, 0.717) is 0 Å². The lowest BCUT2D eigenvalue weighted by Gasteiger charge is -2.21. The monoisotopic (exact) mass is 317 g/mol. The maximum absolute atomic E-state index is 13.7. The number of nitrogens with zero attached hydrogens (tertiary/aromatic N) is 1. The van der Waals surface area contributed by atoms with Gasteiger partial charge in [-0.05, 0) is 48.3 Å². The molecule has 0 radical (unpaired) electrons. The third-order valence-corrected chi connectivity index (χ3v) is 6.32. The number of hydrogen-bond donors (Lipinski definition) is 0. The summed E-state index contributed by atoms with van der Waals surface area (Å²) in [6, 6.07) is 4.09. The van der Waals surface area contributed by atoms with Crippen LogP contribution in [0, 0.1) is 34.9 Å². The van der Waals surface area contributed by atoms with Crippen LogP contribution in [0.5, 0.6) is 0 Å². The molecule has 0 unspecified atom stereocenters. The minimum atomic E-state index is -0.614. The number of hydrogen-bond acceptors (Lipinski definition) is 2. The van der Waals surface area contributed by atoms with Gasteiger partial charge in [-0.15, -0.1) is 0 Å². The Morgan fingerprint density at radius 2 is 1.68 bits per heavy atom. The van der Waals surface area contributed by atoms with Gasteiger partial charge in [-0.3, -0.25) is 9.59 Å². The van der Waals surface area contributed by atoms with Crippen molar-refractivity contribution in [2.75, 3.05) is 4.90 Å². The van der Waals surface area contributed by atoms with Crippen molar-refractivity contribution in [2.45, 2.75) is 12.8 Å². The van der Waals surface area contributed by atoms with Crippen molar-refractivity contribution in [3.05, 3.63) is 41.2 Å². The highest BCUT2D eigenvalue weighted by Gasteiger charge is 2.73. The molecule has 1 saturated heterocycles. The second kappa shape index (κ2) is 3.80. The molecule has 3 nitrogen and oxygen atoms in total. The molecule has 112 valence electrons. The molecule has 0 aromatic heterocycles. The molecule has 5 rings (SSSR count). The predicted octanol–water partition coefficient (Wildman–Crippen LogP) is 3.18. The molecule has 0 N–H and O–H groups in total. The zero-order valence-corrected chi connectivity index (χ0v) is 12.4. The average Bonchev–Trinajstić information content (AvgIpc) is 3.08. The number of rotatable bonds is 1. The number of amides is 2. The largest absolute Gasteiger partial charge is 0.274 e. The number of allylic oxidation sites excluding steroid dienone is 2. The molecule has 3 aliphatic carbocycles. The van der Waals surface area contributed by atoms with Crippen molar-refractivity contribution in [3.8, 4) is 0 Å². The van der Waals surface area contributed by atoms with Crippen LogP contribution in [0.25, 0.3) is 0 Å². The maximum Gasteiger partial charge on any atom is 0.238 e. The zero-order chi connectivity index (χ0) is 15.2. The van der Waals surface area contributed by atoms with Crippen LogP contribution < -0.4 is 4.90 Å². The molecule has 2 bridgehead atoms. The number of halogens is 2. The van der Waals surface area contributed by atoms with Gasteiger partial charge in [0.15, 0.2) is 0 Å². The van der Waals surface area contributed by atoms with E-state index in [1.807, 2.05) is 0 Å². The molecule has 1 heterocycles. The van der Waals surface area contributed by atoms with Crippen molar-refractivity contribution in [1.29, 1.82) is 0 Å². The van der Waals surface area contributed by atoms with Crippen molar-refractivity contribution in [1.82, 2.24) is 0 Å². The van der Waals surface area contributed by atoms with Crippen LogP contribution in [-0.4, -0.2) is 11.8 Å². The van der Waals surface area contributed by atoms with E-state index < -0.39 is 5.82 Å². The Hall–Kier alpha value is -1.68. The first-order valence-corrected chi connectivity index (χ1v) is 7.93. The number of carbonyl (C=O) groups excluding carboxylic acids is 2. The third-order valence-electron chi connectivity index (χ3n) is 6.01. The fraction of sp³-hybridized carbons (Fsp3) is 0.412. The van der Waals surface area contributed by atoms with Crippen LogP contribution >= 0.6 is 11.6 Å². The average molecular weight is 318 g/mol. The number of anilines is 1. The Kier molecular flexibility index (Phi) is 2.21. The van der Waals surface area contributed by atoms with Gasteiger partial charge in [0, 0.05) is 0 Å². The van der Waals surface area contributed by atoms with Crippen LogP contribution in [0.15, 0.2) is 30.4 Å². The lowest BCUT2D eigenvalue weighted by atomic mass is 9.85. The van der Waals surface area contributed by atoms with E-state index in [2.05, 4.69) is 12.2 Å². The van der Waals surface area contributed by atoms with E-state index in [1.54, 1.807) is 0 Å². The predicted molar refractivity (Wildman–Crippen MR) is 78.7 cm³/mol. The molecule has 4 aliphatic rings. The minimum Gasteiger partial charge on any atom is -0.274 e. The van der Waals surface area contributed by atoms with Crippen LogP contribution in [0.2, 0.25) is 5.02 Å². The first-order valence-electron chi connectivity index (χ1n) is 7.56. The Morgan fingerprint density at radius 3 is 2.18 bits per heavy atom. The lowest BCUT2D eigenvalue weighted by Crippen LogP contribution is -2.34. The molecule has 1 aromatic carbocycles. The smallest absolute Gasteiger partial charge is 0.238 e. The molecule has 5 heteroatoms. The van der Waals surface area contributed by atoms with Crippen molar-refractivity contribution in [3.63, 3.8) is 0 Å². The van der Waals surface area contributed by atoms with E-state index in [4.69, 9.17) is 11.6 Å². The molecule has 22 heavy (non-hydrogen) atoms. The SMILES string of the molecule is O=C1[C@@H]2[C@@H](C(=O)N1c1ccc(Cl)c(F)c1)[C@@H]1C=C[C@H]2C12CC2. The van der Waals surface area contributed by atoms with E-state index in [0.717, 1.165) is 17.7 Å². The molecular weight excluding hydrogens is 305 g/mol. The summed E-state index contributed by atoms with van der Waals surface area (Å²) >= 11 is 5.68. The van der Waals surface area contributed by atoms with E-state index >= 15 is 0 Å². The Balaban J connectivity index is 1.57. The van der Waals surface area contributed by atoms with Crippen molar-refractivity contribution < 1.29 is 14.0 Å². The second-order valence-corrected chi connectivity index (χ2v) is 7.24. The van der Waals surface area contributed by atoms with Gasteiger partial charge in [0.25, 0.3) is 0 Å². The summed E-state index contributed by atoms with van der Waals surface area (Å²) in [7, 11) is 0. The minimum absolute atomic E-state index is 0.0123. The number of fused-ring (bicyclic) bond motifs is 3. The molecule has 2 saturated carbocycles. The quantitative estimate of drug-likeness (QED) is 0.589. The Morgan fingerprint density at radius 1 is 1.09 bits per heavy atom. The number of carbonyl (C=O) groups is 2.